The van der Waals surface area contributed by atoms with Gasteiger partial charge in [-0.3, -0.25) is 9.78 Å². The van der Waals surface area contributed by atoms with Gasteiger partial charge in [-0.1, -0.05) is 0 Å². The molecule has 1 amide bonds. The third-order valence-corrected chi connectivity index (χ3v) is 3.66. The first-order valence-corrected chi connectivity index (χ1v) is 7.00. The lowest BCUT2D eigenvalue weighted by Gasteiger charge is -2.04. The minimum Gasteiger partial charge on any atom is -0.342 e. The highest BCUT2D eigenvalue weighted by atomic mass is 16.1. The van der Waals surface area contributed by atoms with Gasteiger partial charge in [0.05, 0.1) is 11.0 Å². The number of aromatic nitrogens is 3. The van der Waals surface area contributed by atoms with E-state index in [1.807, 2.05) is 18.2 Å². The largest absolute Gasteiger partial charge is 0.342 e. The number of amides is 1. The molecule has 0 radical (unpaired) electrons. The number of carbonyl (C=O) groups excluding carboxylic acids is 1. The Labute approximate surface area is 121 Å². The Hall–Kier alpha value is -2.69. The second kappa shape index (κ2) is 4.70. The minimum atomic E-state index is -0.140. The molecule has 0 unspecified atom stereocenters. The van der Waals surface area contributed by atoms with Gasteiger partial charge in [-0.05, 0) is 43.2 Å². The lowest BCUT2D eigenvalue weighted by atomic mass is 10.2. The van der Waals surface area contributed by atoms with E-state index in [4.69, 9.17) is 0 Å². The van der Waals surface area contributed by atoms with E-state index < -0.39 is 0 Å². The highest BCUT2D eigenvalue weighted by Crippen LogP contribution is 2.39. The second-order valence-electron chi connectivity index (χ2n) is 5.32. The number of anilines is 1. The van der Waals surface area contributed by atoms with Crippen molar-refractivity contribution in [3.05, 3.63) is 54.1 Å². The molecule has 2 heterocycles. The van der Waals surface area contributed by atoms with Crippen LogP contribution in [0.25, 0.3) is 11.0 Å². The van der Waals surface area contributed by atoms with Crippen molar-refractivity contribution in [3.63, 3.8) is 0 Å². The molecule has 3 aromatic rings. The number of carbonyl (C=O) groups is 1. The van der Waals surface area contributed by atoms with E-state index in [-0.39, 0.29) is 5.91 Å². The molecule has 1 saturated carbocycles. The smallest absolute Gasteiger partial charge is 0.255 e. The highest BCUT2D eigenvalue weighted by molar-refractivity contribution is 6.04. The van der Waals surface area contributed by atoms with Gasteiger partial charge in [0.25, 0.3) is 5.91 Å². The van der Waals surface area contributed by atoms with Gasteiger partial charge >= 0.3 is 0 Å². The number of imidazole rings is 1. The van der Waals surface area contributed by atoms with Crippen LogP contribution in [-0.4, -0.2) is 20.9 Å². The maximum atomic E-state index is 12.1. The summed E-state index contributed by atoms with van der Waals surface area (Å²) in [5.41, 5.74) is 3.26. The molecule has 21 heavy (non-hydrogen) atoms. The van der Waals surface area contributed by atoms with Gasteiger partial charge in [0, 0.05) is 29.6 Å². The first-order chi connectivity index (χ1) is 10.3. The van der Waals surface area contributed by atoms with E-state index in [1.165, 1.54) is 12.8 Å². The maximum Gasteiger partial charge on any atom is 0.255 e. The Balaban J connectivity index is 1.60. The van der Waals surface area contributed by atoms with E-state index in [2.05, 4.69) is 20.3 Å². The molecule has 5 heteroatoms. The van der Waals surface area contributed by atoms with E-state index in [0.717, 1.165) is 22.5 Å². The summed E-state index contributed by atoms with van der Waals surface area (Å²) in [5.74, 6) is 1.51. The number of H-pyrrole nitrogens is 1. The Morgan fingerprint density at radius 1 is 1.19 bits per heavy atom. The van der Waals surface area contributed by atoms with Crippen LogP contribution in [0.1, 0.15) is 34.9 Å². The van der Waals surface area contributed by atoms with Gasteiger partial charge in [0.2, 0.25) is 0 Å². The lowest BCUT2D eigenvalue weighted by Crippen LogP contribution is -2.11. The SMILES string of the molecule is O=C(Nc1ccc2nc(C3CC3)[nH]c2c1)c1ccncc1. The standard InChI is InChI=1S/C16H14N4O/c21-16(11-5-7-17-8-6-11)18-12-3-4-13-14(9-12)20-15(19-13)10-1-2-10/h3-10H,1-2H2,(H,18,21)(H,19,20). The van der Waals surface area contributed by atoms with Crippen molar-refractivity contribution in [1.82, 2.24) is 15.0 Å². The summed E-state index contributed by atoms with van der Waals surface area (Å²) in [6, 6.07) is 9.11. The summed E-state index contributed by atoms with van der Waals surface area (Å²) in [5, 5.41) is 2.89. The molecule has 1 fully saturated rings. The lowest BCUT2D eigenvalue weighted by molar-refractivity contribution is 0.102. The van der Waals surface area contributed by atoms with Crippen LogP contribution in [0.15, 0.2) is 42.7 Å². The maximum absolute atomic E-state index is 12.1. The average Bonchev–Trinajstić information content (AvgIpc) is 3.28. The van der Waals surface area contributed by atoms with Crippen LogP contribution in [-0.2, 0) is 0 Å². The van der Waals surface area contributed by atoms with Gasteiger partial charge in [-0.25, -0.2) is 4.98 Å². The molecule has 104 valence electrons. The Morgan fingerprint density at radius 2 is 2.00 bits per heavy atom. The van der Waals surface area contributed by atoms with Gasteiger partial charge in [0.1, 0.15) is 5.82 Å². The number of pyridine rings is 1. The number of aromatic amines is 1. The Kier molecular flexibility index (Phi) is 2.70. The Bertz CT molecular complexity index is 806. The van der Waals surface area contributed by atoms with Crippen molar-refractivity contribution in [2.75, 3.05) is 5.32 Å². The zero-order valence-electron chi connectivity index (χ0n) is 11.3. The van der Waals surface area contributed by atoms with E-state index in [0.29, 0.717) is 11.5 Å². The highest BCUT2D eigenvalue weighted by Gasteiger charge is 2.26. The van der Waals surface area contributed by atoms with E-state index in [9.17, 15) is 4.79 Å². The molecule has 2 N–H and O–H groups in total. The minimum absolute atomic E-state index is 0.140. The fraction of sp³-hybridized carbons (Fsp3) is 0.188. The van der Waals surface area contributed by atoms with Crippen molar-refractivity contribution >= 4 is 22.6 Å². The zero-order chi connectivity index (χ0) is 14.2. The van der Waals surface area contributed by atoms with Crippen molar-refractivity contribution in [3.8, 4) is 0 Å². The predicted octanol–water partition coefficient (Wildman–Crippen LogP) is 3.09. The van der Waals surface area contributed by atoms with Crippen molar-refractivity contribution in [2.24, 2.45) is 0 Å². The molecule has 4 rings (SSSR count). The fourth-order valence-electron chi connectivity index (χ4n) is 2.36. The molecule has 0 spiro atoms. The molecule has 0 aliphatic heterocycles. The van der Waals surface area contributed by atoms with Crippen LogP contribution in [0.4, 0.5) is 5.69 Å². The fourth-order valence-corrected chi connectivity index (χ4v) is 2.36. The quantitative estimate of drug-likeness (QED) is 0.773. The number of hydrogen-bond acceptors (Lipinski definition) is 3. The van der Waals surface area contributed by atoms with Crippen molar-refractivity contribution < 1.29 is 4.79 Å². The normalized spacial score (nSPS) is 14.3. The predicted molar refractivity (Wildman–Crippen MR) is 80.3 cm³/mol. The van der Waals surface area contributed by atoms with Crippen LogP contribution in [0, 0.1) is 0 Å². The number of fused-ring (bicyclic) bond motifs is 1. The summed E-state index contributed by atoms with van der Waals surface area (Å²) in [4.78, 5) is 23.9. The molecule has 0 bridgehead atoms. The number of rotatable bonds is 3. The molecule has 0 atom stereocenters. The molecule has 1 aromatic carbocycles. The topological polar surface area (TPSA) is 70.7 Å². The van der Waals surface area contributed by atoms with Crippen molar-refractivity contribution in [2.45, 2.75) is 18.8 Å². The number of hydrogen-bond donors (Lipinski definition) is 2. The third-order valence-electron chi connectivity index (χ3n) is 3.66. The summed E-state index contributed by atoms with van der Waals surface area (Å²) in [6.07, 6.45) is 5.64. The molecular formula is C16H14N4O. The number of nitrogens with one attached hydrogen (secondary N) is 2. The van der Waals surface area contributed by atoms with Crippen LogP contribution >= 0.6 is 0 Å². The molecule has 1 aliphatic carbocycles. The molecule has 2 aromatic heterocycles. The van der Waals surface area contributed by atoms with Crippen LogP contribution in [0.5, 0.6) is 0 Å². The summed E-state index contributed by atoms with van der Waals surface area (Å²) < 4.78 is 0. The third kappa shape index (κ3) is 2.38. The molecule has 5 nitrogen and oxygen atoms in total. The molecule has 1 aliphatic rings. The summed E-state index contributed by atoms with van der Waals surface area (Å²) >= 11 is 0. The first-order valence-electron chi connectivity index (χ1n) is 7.00. The molecular weight excluding hydrogens is 264 g/mol. The van der Waals surface area contributed by atoms with Gasteiger partial charge in [0.15, 0.2) is 0 Å². The van der Waals surface area contributed by atoms with E-state index in [1.54, 1.807) is 24.5 Å². The second-order valence-corrected chi connectivity index (χ2v) is 5.32. The number of benzene rings is 1. The van der Waals surface area contributed by atoms with Crippen LogP contribution < -0.4 is 5.32 Å². The van der Waals surface area contributed by atoms with Crippen LogP contribution in [0.2, 0.25) is 0 Å². The summed E-state index contributed by atoms with van der Waals surface area (Å²) in [6.45, 7) is 0. The molecule has 0 saturated heterocycles. The zero-order valence-corrected chi connectivity index (χ0v) is 11.3. The monoisotopic (exact) mass is 278 g/mol. The summed E-state index contributed by atoms with van der Waals surface area (Å²) in [7, 11) is 0. The van der Waals surface area contributed by atoms with Gasteiger partial charge in [-0.2, -0.15) is 0 Å². The van der Waals surface area contributed by atoms with Gasteiger partial charge in [-0.15, -0.1) is 0 Å². The average molecular weight is 278 g/mol. The first kappa shape index (κ1) is 12.1. The number of nitrogens with zero attached hydrogens (tertiary/aromatic N) is 2. The van der Waals surface area contributed by atoms with E-state index >= 15 is 0 Å². The van der Waals surface area contributed by atoms with Crippen molar-refractivity contribution in [1.29, 1.82) is 0 Å². The Morgan fingerprint density at radius 3 is 2.76 bits per heavy atom. The van der Waals surface area contributed by atoms with Crippen LogP contribution in [0.3, 0.4) is 0 Å². The van der Waals surface area contributed by atoms with Gasteiger partial charge < -0.3 is 10.3 Å².